The van der Waals surface area contributed by atoms with Crippen LogP contribution in [0.3, 0.4) is 0 Å². The SMILES string of the molecule is O=S(=O)([O-])C(F)(F)F.O=S(=O)([O-])C(F)(F)F.[Li+].[Ru+3]. The Morgan fingerprint density at radius 3 is 0.722 bits per heavy atom. The minimum Gasteiger partial charge on any atom is -0.741 e. The van der Waals surface area contributed by atoms with Crippen molar-refractivity contribution in [1.82, 2.24) is 0 Å². The first-order valence-corrected chi connectivity index (χ1v) is 5.36. The van der Waals surface area contributed by atoms with Crippen molar-refractivity contribution in [2.75, 3.05) is 0 Å². The summed E-state index contributed by atoms with van der Waals surface area (Å²) < 4.78 is 118. The molecule has 0 saturated carbocycles. The second-order valence-electron chi connectivity index (χ2n) is 1.80. The van der Waals surface area contributed by atoms with E-state index in [1.807, 2.05) is 0 Å². The van der Waals surface area contributed by atoms with E-state index in [1.165, 1.54) is 0 Å². The Morgan fingerprint density at radius 2 is 0.722 bits per heavy atom. The molecule has 105 valence electrons. The third-order valence-corrected chi connectivity index (χ3v) is 1.70. The number of halogens is 6. The van der Waals surface area contributed by atoms with E-state index in [4.69, 9.17) is 25.9 Å². The quantitative estimate of drug-likeness (QED) is 0.185. The monoisotopic (exact) mass is 407 g/mol. The Kier molecular flexibility index (Phi) is 12.1. The van der Waals surface area contributed by atoms with Gasteiger partial charge in [0.1, 0.15) is 0 Å². The van der Waals surface area contributed by atoms with Gasteiger partial charge in [-0.2, -0.15) is 26.3 Å². The van der Waals surface area contributed by atoms with Crippen LogP contribution in [0.1, 0.15) is 0 Å². The summed E-state index contributed by atoms with van der Waals surface area (Å²) in [6.07, 6.45) is 0. The molecule has 0 amide bonds. The maximum absolute atomic E-state index is 10.7. The van der Waals surface area contributed by atoms with Crippen LogP contribution < -0.4 is 18.9 Å². The fourth-order valence-electron chi connectivity index (χ4n) is 0. The third-order valence-electron chi connectivity index (χ3n) is 0.567. The second kappa shape index (κ2) is 8.03. The van der Waals surface area contributed by atoms with E-state index in [1.54, 1.807) is 0 Å². The Bertz CT molecular complexity index is 380. The van der Waals surface area contributed by atoms with Gasteiger partial charge in [0.2, 0.25) is 0 Å². The van der Waals surface area contributed by atoms with Crippen molar-refractivity contribution in [3.63, 3.8) is 0 Å². The summed E-state index contributed by atoms with van der Waals surface area (Å²) in [7, 11) is -12.2. The van der Waals surface area contributed by atoms with Crippen LogP contribution in [0.15, 0.2) is 0 Å². The molecule has 0 aromatic heterocycles. The van der Waals surface area contributed by atoms with Crippen LogP contribution in [0.2, 0.25) is 0 Å². The summed E-state index contributed by atoms with van der Waals surface area (Å²) in [6, 6.07) is 0. The van der Waals surface area contributed by atoms with Gasteiger partial charge in [-0.25, -0.2) is 16.8 Å². The van der Waals surface area contributed by atoms with Gasteiger partial charge < -0.3 is 9.11 Å². The van der Waals surface area contributed by atoms with Crippen LogP contribution in [-0.4, -0.2) is 37.0 Å². The van der Waals surface area contributed by atoms with Gasteiger partial charge in [-0.15, -0.1) is 0 Å². The Hall–Kier alpha value is 0.621. The second-order valence-corrected chi connectivity index (χ2v) is 4.54. The molecule has 0 aliphatic heterocycles. The van der Waals surface area contributed by atoms with Gasteiger partial charge in [0.05, 0.1) is 0 Å². The van der Waals surface area contributed by atoms with Crippen LogP contribution in [-0.2, 0) is 39.7 Å². The van der Waals surface area contributed by atoms with E-state index in [-0.39, 0.29) is 38.3 Å². The van der Waals surface area contributed by atoms with Crippen LogP contribution in [0.25, 0.3) is 0 Å². The molecule has 0 unspecified atom stereocenters. The molecular weight excluding hydrogens is 406 g/mol. The standard InChI is InChI=1S/2CHF3O3S.Li.Ru/c2*2-1(3,4)8(5,6)7;;/h2*(H,5,6,7);;/q;;+1;+3/p-2. The van der Waals surface area contributed by atoms with Gasteiger partial charge in [-0.1, -0.05) is 0 Å². The van der Waals surface area contributed by atoms with Gasteiger partial charge in [0, 0.05) is 0 Å². The first-order chi connectivity index (χ1) is 6.50. The van der Waals surface area contributed by atoms with E-state index in [0.717, 1.165) is 0 Å². The molecule has 6 nitrogen and oxygen atoms in total. The molecule has 0 spiro atoms. The molecule has 0 rings (SSSR count). The molecule has 1 radical (unpaired) electrons. The van der Waals surface area contributed by atoms with Gasteiger partial charge >= 0.3 is 49.4 Å². The summed E-state index contributed by atoms with van der Waals surface area (Å²) in [5, 5.41) is 0. The summed E-state index contributed by atoms with van der Waals surface area (Å²) in [5.41, 5.74) is -11.3. The van der Waals surface area contributed by atoms with E-state index >= 15 is 0 Å². The smallest absolute Gasteiger partial charge is 0.741 e. The topological polar surface area (TPSA) is 114 Å². The molecule has 0 bridgehead atoms. The predicted octanol–water partition coefficient (Wildman–Crippen LogP) is -2.90. The number of rotatable bonds is 0. The molecule has 0 fully saturated rings. The van der Waals surface area contributed by atoms with Crippen LogP contribution in [0.5, 0.6) is 0 Å². The van der Waals surface area contributed by atoms with Crippen molar-refractivity contribution in [2.24, 2.45) is 0 Å². The van der Waals surface area contributed by atoms with Crippen LogP contribution in [0, 0.1) is 0 Å². The van der Waals surface area contributed by atoms with Crippen molar-refractivity contribution in [2.45, 2.75) is 11.0 Å². The van der Waals surface area contributed by atoms with Crippen molar-refractivity contribution >= 4 is 20.2 Å². The molecular formula is C2F6LiO6RuS2+2. The third kappa shape index (κ3) is 11.7. The average Bonchev–Trinajstić information content (AvgIpc) is 1.77. The fourth-order valence-corrected chi connectivity index (χ4v) is 0. The fraction of sp³-hybridized carbons (Fsp3) is 1.00. The Balaban J connectivity index is -0.0000000980. The molecule has 16 heteroatoms. The maximum Gasteiger partial charge on any atom is 3.00 e. The number of hydrogen-bond acceptors (Lipinski definition) is 6. The van der Waals surface area contributed by atoms with Crippen molar-refractivity contribution in [3.05, 3.63) is 0 Å². The van der Waals surface area contributed by atoms with Gasteiger partial charge in [-0.05, 0) is 0 Å². The maximum atomic E-state index is 10.7. The van der Waals surface area contributed by atoms with Gasteiger partial charge in [0.15, 0.2) is 20.2 Å². The van der Waals surface area contributed by atoms with Crippen molar-refractivity contribution < 1.29 is 90.6 Å². The zero-order chi connectivity index (χ0) is 14.0. The van der Waals surface area contributed by atoms with E-state index < -0.39 is 31.3 Å². The minimum absolute atomic E-state index is 0. The molecule has 0 heterocycles. The van der Waals surface area contributed by atoms with Gasteiger partial charge in [-0.3, -0.25) is 0 Å². The molecule has 0 aromatic carbocycles. The average molecular weight is 406 g/mol. The summed E-state index contributed by atoms with van der Waals surface area (Å²) in [6.45, 7) is 0. The molecule has 0 N–H and O–H groups in total. The molecule has 0 aliphatic rings. The molecule has 0 aromatic rings. The summed E-state index contributed by atoms with van der Waals surface area (Å²) in [4.78, 5) is 0. The minimum atomic E-state index is -6.09. The molecule has 0 saturated heterocycles. The largest absolute Gasteiger partial charge is 3.00 e. The molecule has 18 heavy (non-hydrogen) atoms. The van der Waals surface area contributed by atoms with Gasteiger partial charge in [0.25, 0.3) is 0 Å². The van der Waals surface area contributed by atoms with E-state index in [0.29, 0.717) is 0 Å². The van der Waals surface area contributed by atoms with E-state index in [2.05, 4.69) is 0 Å². The Labute approximate surface area is 122 Å². The zero-order valence-corrected chi connectivity index (χ0v) is 11.3. The van der Waals surface area contributed by atoms with Crippen LogP contribution in [0.4, 0.5) is 26.3 Å². The zero-order valence-electron chi connectivity index (χ0n) is 7.89. The first kappa shape index (κ1) is 27.0. The first-order valence-electron chi connectivity index (χ1n) is 2.54. The van der Waals surface area contributed by atoms with Crippen molar-refractivity contribution in [1.29, 1.82) is 0 Å². The Morgan fingerprint density at radius 1 is 0.667 bits per heavy atom. The number of alkyl halides is 6. The number of hydrogen-bond donors (Lipinski definition) is 0. The normalized spacial score (nSPS) is 12.4. The predicted molar refractivity (Wildman–Crippen MR) is 31.5 cm³/mol. The van der Waals surface area contributed by atoms with E-state index in [9.17, 15) is 26.3 Å². The van der Waals surface area contributed by atoms with Crippen LogP contribution >= 0.6 is 0 Å². The summed E-state index contributed by atoms with van der Waals surface area (Å²) in [5.74, 6) is 0. The molecule has 0 aliphatic carbocycles. The molecule has 0 atom stereocenters. The van der Waals surface area contributed by atoms with Crippen molar-refractivity contribution in [3.8, 4) is 0 Å². The summed E-state index contributed by atoms with van der Waals surface area (Å²) >= 11 is 0.